The lowest BCUT2D eigenvalue weighted by atomic mass is 9.93. The molecule has 0 saturated heterocycles. The largest absolute Gasteiger partial charge is 0.411 e. The average Bonchev–Trinajstić information content (AvgIpc) is 2.71. The molecular weight excluding hydrogens is 166 g/mol. The summed E-state index contributed by atoms with van der Waals surface area (Å²) in [6.07, 6.45) is 9.60. The first-order valence-electron chi connectivity index (χ1n) is 4.57. The van der Waals surface area contributed by atoms with Crippen molar-refractivity contribution in [2.24, 2.45) is 5.16 Å². The lowest BCUT2D eigenvalue weighted by molar-refractivity contribution is 0.309. The molecule has 1 atom stereocenters. The molecule has 13 heavy (non-hydrogen) atoms. The van der Waals surface area contributed by atoms with Crippen molar-refractivity contribution in [1.82, 2.24) is 9.55 Å². The van der Waals surface area contributed by atoms with Crippen molar-refractivity contribution < 1.29 is 5.21 Å². The van der Waals surface area contributed by atoms with E-state index in [-0.39, 0.29) is 0 Å². The molecular formula is C9H13N3O. The highest BCUT2D eigenvalue weighted by atomic mass is 16.4. The van der Waals surface area contributed by atoms with Gasteiger partial charge in [0, 0.05) is 24.9 Å². The number of hydrogen-bond donors (Lipinski definition) is 1. The van der Waals surface area contributed by atoms with Crippen molar-refractivity contribution in [3.05, 3.63) is 18.7 Å². The fraction of sp³-hybridized carbons (Fsp3) is 0.556. The topological polar surface area (TPSA) is 50.4 Å². The van der Waals surface area contributed by atoms with Crippen molar-refractivity contribution in [3.8, 4) is 0 Å². The number of oxime groups is 1. The molecule has 0 radical (unpaired) electrons. The lowest BCUT2D eigenvalue weighted by Crippen LogP contribution is -2.18. The van der Waals surface area contributed by atoms with Gasteiger partial charge >= 0.3 is 0 Å². The van der Waals surface area contributed by atoms with Crippen LogP contribution in [-0.4, -0.2) is 20.5 Å². The van der Waals surface area contributed by atoms with Gasteiger partial charge in [-0.25, -0.2) is 4.98 Å². The van der Waals surface area contributed by atoms with Crippen LogP contribution in [0.1, 0.15) is 31.7 Å². The van der Waals surface area contributed by atoms with Gasteiger partial charge in [-0.1, -0.05) is 5.16 Å². The maximum atomic E-state index is 8.67. The molecule has 1 aliphatic rings. The number of nitrogens with zero attached hydrogens (tertiary/aromatic N) is 3. The highest BCUT2D eigenvalue weighted by molar-refractivity contribution is 5.84. The SMILES string of the molecule is O/N=C1\CCCC(n2ccnc2)C1. The molecule has 0 amide bonds. The molecule has 1 unspecified atom stereocenters. The third kappa shape index (κ3) is 1.71. The first kappa shape index (κ1) is 8.29. The van der Waals surface area contributed by atoms with Gasteiger partial charge in [-0.2, -0.15) is 0 Å². The van der Waals surface area contributed by atoms with Crippen LogP contribution in [0, 0.1) is 0 Å². The summed E-state index contributed by atoms with van der Waals surface area (Å²) in [4.78, 5) is 4.01. The molecule has 1 aromatic rings. The molecule has 0 bridgehead atoms. The fourth-order valence-electron chi connectivity index (χ4n) is 1.85. The summed E-state index contributed by atoms with van der Waals surface area (Å²) in [5.74, 6) is 0. The minimum atomic E-state index is 0.433. The van der Waals surface area contributed by atoms with Crippen LogP contribution in [-0.2, 0) is 0 Å². The van der Waals surface area contributed by atoms with Gasteiger partial charge in [0.1, 0.15) is 0 Å². The van der Waals surface area contributed by atoms with E-state index in [1.54, 1.807) is 6.20 Å². The van der Waals surface area contributed by atoms with Crippen molar-refractivity contribution in [3.63, 3.8) is 0 Å². The first-order chi connectivity index (χ1) is 6.40. The molecule has 4 nitrogen and oxygen atoms in total. The van der Waals surface area contributed by atoms with E-state index in [4.69, 9.17) is 5.21 Å². The van der Waals surface area contributed by atoms with Gasteiger partial charge in [0.25, 0.3) is 0 Å². The second kappa shape index (κ2) is 3.60. The third-order valence-corrected chi connectivity index (χ3v) is 2.56. The zero-order valence-electron chi connectivity index (χ0n) is 7.43. The zero-order valence-corrected chi connectivity index (χ0v) is 7.43. The van der Waals surface area contributed by atoms with Crippen molar-refractivity contribution in [1.29, 1.82) is 0 Å². The monoisotopic (exact) mass is 179 g/mol. The predicted molar refractivity (Wildman–Crippen MR) is 49.0 cm³/mol. The van der Waals surface area contributed by atoms with Crippen LogP contribution in [0.15, 0.2) is 23.9 Å². The Kier molecular flexibility index (Phi) is 2.29. The Labute approximate surface area is 76.9 Å². The normalized spacial score (nSPS) is 26.5. The zero-order chi connectivity index (χ0) is 9.10. The molecule has 2 rings (SSSR count). The maximum Gasteiger partial charge on any atom is 0.0948 e. The number of rotatable bonds is 1. The minimum Gasteiger partial charge on any atom is -0.411 e. The fourth-order valence-corrected chi connectivity index (χ4v) is 1.85. The van der Waals surface area contributed by atoms with Crippen LogP contribution in [0.3, 0.4) is 0 Å². The van der Waals surface area contributed by atoms with Gasteiger partial charge in [0.15, 0.2) is 0 Å². The molecule has 0 aliphatic heterocycles. The second-order valence-electron chi connectivity index (χ2n) is 3.43. The summed E-state index contributed by atoms with van der Waals surface area (Å²) in [5, 5.41) is 12.0. The molecule has 1 fully saturated rings. The molecule has 1 aromatic heterocycles. The number of aromatic nitrogens is 2. The van der Waals surface area contributed by atoms with Crippen LogP contribution < -0.4 is 0 Å². The molecule has 1 heterocycles. The smallest absolute Gasteiger partial charge is 0.0948 e. The Bertz CT molecular complexity index is 292. The summed E-state index contributed by atoms with van der Waals surface area (Å²) < 4.78 is 2.09. The van der Waals surface area contributed by atoms with Gasteiger partial charge in [0.05, 0.1) is 12.0 Å². The predicted octanol–water partition coefficient (Wildman–Crippen LogP) is 1.83. The van der Waals surface area contributed by atoms with E-state index < -0.39 is 0 Å². The van der Waals surface area contributed by atoms with Crippen LogP contribution in [0.4, 0.5) is 0 Å². The van der Waals surface area contributed by atoms with E-state index in [1.807, 2.05) is 12.5 Å². The summed E-state index contributed by atoms with van der Waals surface area (Å²) >= 11 is 0. The number of imidazole rings is 1. The van der Waals surface area contributed by atoms with Crippen molar-refractivity contribution in [2.45, 2.75) is 31.7 Å². The summed E-state index contributed by atoms with van der Waals surface area (Å²) in [5.41, 5.74) is 0.907. The highest BCUT2D eigenvalue weighted by Gasteiger charge is 2.19. The summed E-state index contributed by atoms with van der Waals surface area (Å²) in [7, 11) is 0. The Balaban J connectivity index is 2.09. The summed E-state index contributed by atoms with van der Waals surface area (Å²) in [6, 6.07) is 0.433. The second-order valence-corrected chi connectivity index (χ2v) is 3.43. The average molecular weight is 179 g/mol. The lowest BCUT2D eigenvalue weighted by Gasteiger charge is -2.23. The quantitative estimate of drug-likeness (QED) is 0.528. The van der Waals surface area contributed by atoms with Crippen molar-refractivity contribution in [2.75, 3.05) is 0 Å². The van der Waals surface area contributed by atoms with Crippen LogP contribution in [0.2, 0.25) is 0 Å². The molecule has 1 aliphatic carbocycles. The van der Waals surface area contributed by atoms with E-state index in [2.05, 4.69) is 14.7 Å². The van der Waals surface area contributed by atoms with Gasteiger partial charge in [0.2, 0.25) is 0 Å². The molecule has 0 aromatic carbocycles. The van der Waals surface area contributed by atoms with Gasteiger partial charge < -0.3 is 9.77 Å². The van der Waals surface area contributed by atoms with Gasteiger partial charge in [-0.05, 0) is 19.3 Å². The van der Waals surface area contributed by atoms with Gasteiger partial charge in [-0.15, -0.1) is 0 Å². The maximum absolute atomic E-state index is 8.67. The van der Waals surface area contributed by atoms with E-state index in [0.29, 0.717) is 6.04 Å². The van der Waals surface area contributed by atoms with E-state index in [0.717, 1.165) is 31.4 Å². The van der Waals surface area contributed by atoms with E-state index in [1.165, 1.54) is 0 Å². The van der Waals surface area contributed by atoms with Gasteiger partial charge in [-0.3, -0.25) is 0 Å². The van der Waals surface area contributed by atoms with E-state index >= 15 is 0 Å². The standard InChI is InChI=1S/C9H13N3O/c13-11-8-2-1-3-9(6-8)12-5-4-10-7-12/h4-5,7,9,13H,1-3,6H2/b11-8+. The Morgan fingerprint density at radius 3 is 3.23 bits per heavy atom. The number of hydrogen-bond acceptors (Lipinski definition) is 3. The van der Waals surface area contributed by atoms with Crippen LogP contribution in [0.5, 0.6) is 0 Å². The molecule has 4 heteroatoms. The van der Waals surface area contributed by atoms with Crippen LogP contribution >= 0.6 is 0 Å². The minimum absolute atomic E-state index is 0.433. The molecule has 70 valence electrons. The molecule has 1 N–H and O–H groups in total. The molecule has 0 spiro atoms. The first-order valence-corrected chi connectivity index (χ1v) is 4.57. The van der Waals surface area contributed by atoms with Crippen LogP contribution in [0.25, 0.3) is 0 Å². The van der Waals surface area contributed by atoms with Crippen molar-refractivity contribution >= 4 is 5.71 Å². The highest BCUT2D eigenvalue weighted by Crippen LogP contribution is 2.26. The Morgan fingerprint density at radius 2 is 2.54 bits per heavy atom. The van der Waals surface area contributed by atoms with E-state index in [9.17, 15) is 0 Å². The summed E-state index contributed by atoms with van der Waals surface area (Å²) in [6.45, 7) is 0. The molecule has 1 saturated carbocycles. The Hall–Kier alpha value is -1.32. The third-order valence-electron chi connectivity index (χ3n) is 2.56. The Morgan fingerprint density at radius 1 is 1.62 bits per heavy atom.